The van der Waals surface area contributed by atoms with Gasteiger partial charge >= 0.3 is 0 Å². The zero-order valence-corrected chi connectivity index (χ0v) is 15.0. The van der Waals surface area contributed by atoms with Gasteiger partial charge in [-0.2, -0.15) is 0 Å². The second kappa shape index (κ2) is 7.77. The fourth-order valence-electron chi connectivity index (χ4n) is 3.42. The molecule has 1 aliphatic heterocycles. The minimum absolute atomic E-state index is 0.482. The van der Waals surface area contributed by atoms with Crippen LogP contribution in [0.4, 0.5) is 0 Å². The lowest BCUT2D eigenvalue weighted by molar-refractivity contribution is 0.392. The highest BCUT2D eigenvalue weighted by molar-refractivity contribution is 5.80. The predicted molar refractivity (Wildman–Crippen MR) is 97.2 cm³/mol. The largest absolute Gasteiger partial charge is 0.497 e. The summed E-state index contributed by atoms with van der Waals surface area (Å²) >= 11 is 0. The van der Waals surface area contributed by atoms with Gasteiger partial charge in [0.1, 0.15) is 11.5 Å². The number of aliphatic imine (C=N–C) groups is 1. The van der Waals surface area contributed by atoms with E-state index in [1.807, 2.05) is 13.1 Å². The number of likely N-dealkylation sites (tertiary alicyclic amines) is 1. The Labute approximate surface area is 145 Å². The van der Waals surface area contributed by atoms with Crippen LogP contribution in [0.25, 0.3) is 0 Å². The summed E-state index contributed by atoms with van der Waals surface area (Å²) in [6, 6.07) is 6.18. The van der Waals surface area contributed by atoms with E-state index in [9.17, 15) is 0 Å². The Kier molecular flexibility index (Phi) is 5.48. The lowest BCUT2D eigenvalue weighted by atomic mass is 9.98. The van der Waals surface area contributed by atoms with E-state index >= 15 is 0 Å². The van der Waals surface area contributed by atoms with Crippen LogP contribution in [0.1, 0.15) is 37.2 Å². The van der Waals surface area contributed by atoms with E-state index in [2.05, 4.69) is 27.3 Å². The van der Waals surface area contributed by atoms with Crippen molar-refractivity contribution in [2.24, 2.45) is 10.9 Å². The van der Waals surface area contributed by atoms with Gasteiger partial charge in [0.15, 0.2) is 5.96 Å². The molecule has 1 heterocycles. The van der Waals surface area contributed by atoms with Gasteiger partial charge in [-0.25, -0.2) is 0 Å². The number of nitrogens with one attached hydrogen (secondary N) is 1. The molecule has 0 radical (unpaired) electrons. The summed E-state index contributed by atoms with van der Waals surface area (Å²) in [6.07, 6.45) is 5.20. The molecule has 0 bridgehead atoms. The zero-order valence-electron chi connectivity index (χ0n) is 15.0. The Bertz CT molecular complexity index is 562. The van der Waals surface area contributed by atoms with Crippen LogP contribution < -0.4 is 14.8 Å². The van der Waals surface area contributed by atoms with Gasteiger partial charge in [-0.3, -0.25) is 4.99 Å². The van der Waals surface area contributed by atoms with Gasteiger partial charge in [0.25, 0.3) is 0 Å². The van der Waals surface area contributed by atoms with Gasteiger partial charge < -0.3 is 19.7 Å². The summed E-state index contributed by atoms with van der Waals surface area (Å²) in [7, 11) is 5.28. The highest BCUT2D eigenvalue weighted by atomic mass is 16.5. The van der Waals surface area contributed by atoms with Crippen LogP contribution in [-0.4, -0.2) is 51.8 Å². The number of methoxy groups -OCH3 is 2. The highest BCUT2D eigenvalue weighted by Crippen LogP contribution is 2.33. The lowest BCUT2D eigenvalue weighted by Crippen LogP contribution is -2.40. The fraction of sp³-hybridized carbons (Fsp3) is 0.632. The van der Waals surface area contributed by atoms with E-state index in [1.54, 1.807) is 14.2 Å². The Morgan fingerprint density at radius 2 is 1.88 bits per heavy atom. The molecule has 0 spiro atoms. The van der Waals surface area contributed by atoms with Crippen molar-refractivity contribution in [2.45, 2.75) is 31.6 Å². The number of benzene rings is 1. The van der Waals surface area contributed by atoms with Gasteiger partial charge in [0.2, 0.25) is 0 Å². The van der Waals surface area contributed by atoms with Gasteiger partial charge in [-0.15, -0.1) is 0 Å². The molecule has 1 unspecified atom stereocenters. The molecule has 1 saturated heterocycles. The first-order valence-corrected chi connectivity index (χ1v) is 8.92. The van der Waals surface area contributed by atoms with E-state index in [0.29, 0.717) is 5.92 Å². The first kappa shape index (κ1) is 16.9. The van der Waals surface area contributed by atoms with Crippen LogP contribution in [0.3, 0.4) is 0 Å². The molecule has 5 heteroatoms. The highest BCUT2D eigenvalue weighted by Gasteiger charge is 2.27. The summed E-state index contributed by atoms with van der Waals surface area (Å²) in [4.78, 5) is 6.83. The number of guanidine groups is 1. The van der Waals surface area contributed by atoms with Gasteiger partial charge in [0.05, 0.1) is 14.2 Å². The number of ether oxygens (including phenoxy) is 2. The van der Waals surface area contributed by atoms with Crippen LogP contribution in [0.5, 0.6) is 11.5 Å². The van der Waals surface area contributed by atoms with Crippen LogP contribution in [0.15, 0.2) is 23.2 Å². The average Bonchev–Trinajstić information content (AvgIpc) is 3.32. The minimum atomic E-state index is 0.482. The maximum Gasteiger partial charge on any atom is 0.193 e. The van der Waals surface area contributed by atoms with E-state index in [-0.39, 0.29) is 0 Å². The van der Waals surface area contributed by atoms with Crippen LogP contribution in [-0.2, 0) is 0 Å². The summed E-state index contributed by atoms with van der Waals surface area (Å²) in [5.41, 5.74) is 1.28. The first-order valence-electron chi connectivity index (χ1n) is 8.92. The molecule has 0 aromatic heterocycles. The summed E-state index contributed by atoms with van der Waals surface area (Å²) in [6.45, 7) is 3.05. The van der Waals surface area contributed by atoms with Crippen molar-refractivity contribution in [1.29, 1.82) is 0 Å². The van der Waals surface area contributed by atoms with Crippen LogP contribution >= 0.6 is 0 Å². The molecule has 1 aliphatic carbocycles. The van der Waals surface area contributed by atoms with Crippen molar-refractivity contribution in [3.63, 3.8) is 0 Å². The smallest absolute Gasteiger partial charge is 0.193 e. The Hall–Kier alpha value is -1.91. The van der Waals surface area contributed by atoms with E-state index < -0.39 is 0 Å². The summed E-state index contributed by atoms with van der Waals surface area (Å²) in [5.74, 6) is 4.18. The third kappa shape index (κ3) is 4.13. The third-order valence-electron chi connectivity index (χ3n) is 5.08. The average molecular weight is 331 g/mol. The van der Waals surface area contributed by atoms with Crippen molar-refractivity contribution >= 4 is 5.96 Å². The second-order valence-corrected chi connectivity index (χ2v) is 6.78. The van der Waals surface area contributed by atoms with Crippen LogP contribution in [0, 0.1) is 5.92 Å². The van der Waals surface area contributed by atoms with E-state index in [1.165, 1.54) is 24.8 Å². The number of hydrogen-bond acceptors (Lipinski definition) is 3. The molecule has 1 aromatic carbocycles. The second-order valence-electron chi connectivity index (χ2n) is 6.78. The van der Waals surface area contributed by atoms with Gasteiger partial charge in [-0.1, -0.05) is 12.8 Å². The maximum absolute atomic E-state index is 5.40. The molecule has 0 amide bonds. The maximum atomic E-state index is 5.40. The Morgan fingerprint density at radius 1 is 1.17 bits per heavy atom. The monoisotopic (exact) mass is 331 g/mol. The molecule has 132 valence electrons. The zero-order chi connectivity index (χ0) is 16.9. The van der Waals surface area contributed by atoms with Crippen LogP contribution in [0.2, 0.25) is 0 Å². The quantitative estimate of drug-likeness (QED) is 0.643. The van der Waals surface area contributed by atoms with Gasteiger partial charge in [0, 0.05) is 38.7 Å². The number of nitrogens with zero attached hydrogens (tertiary/aromatic N) is 2. The summed E-state index contributed by atoms with van der Waals surface area (Å²) in [5, 5.41) is 3.53. The van der Waals surface area contributed by atoms with Crippen molar-refractivity contribution in [3.05, 3.63) is 23.8 Å². The first-order chi connectivity index (χ1) is 11.7. The Morgan fingerprint density at radius 3 is 2.46 bits per heavy atom. The molecule has 1 atom stereocenters. The molecule has 1 N–H and O–H groups in total. The molecule has 24 heavy (non-hydrogen) atoms. The topological polar surface area (TPSA) is 46.1 Å². The molecule has 1 aromatic rings. The van der Waals surface area contributed by atoms with Crippen molar-refractivity contribution in [1.82, 2.24) is 10.2 Å². The van der Waals surface area contributed by atoms with E-state index in [0.717, 1.165) is 49.4 Å². The fourth-order valence-corrected chi connectivity index (χ4v) is 3.42. The molecule has 5 nitrogen and oxygen atoms in total. The standard InChI is InChI=1S/C19H29N3O2/c1-20-19(21-8-6-14-4-5-14)22-9-7-15(13-22)16-10-17(23-2)12-18(11-16)24-3/h10-12,14-15H,4-9,13H2,1-3H3,(H,20,21). The summed E-state index contributed by atoms with van der Waals surface area (Å²) < 4.78 is 10.8. The number of rotatable bonds is 6. The van der Waals surface area contributed by atoms with Crippen molar-refractivity contribution < 1.29 is 9.47 Å². The molecule has 2 fully saturated rings. The molecule has 1 saturated carbocycles. The normalized spacial score (nSPS) is 21.0. The molecule has 2 aliphatic rings. The Balaban J connectivity index is 1.61. The minimum Gasteiger partial charge on any atom is -0.497 e. The lowest BCUT2D eigenvalue weighted by Gasteiger charge is -2.22. The molecular formula is C19H29N3O2. The van der Waals surface area contributed by atoms with E-state index in [4.69, 9.17) is 9.47 Å². The molecular weight excluding hydrogens is 302 g/mol. The number of hydrogen-bond donors (Lipinski definition) is 1. The van der Waals surface area contributed by atoms with Gasteiger partial charge in [-0.05, 0) is 36.5 Å². The predicted octanol–water partition coefficient (Wildman–Crippen LogP) is 2.87. The third-order valence-corrected chi connectivity index (χ3v) is 5.08. The van der Waals surface area contributed by atoms with Crippen molar-refractivity contribution in [3.8, 4) is 11.5 Å². The van der Waals surface area contributed by atoms with Crippen molar-refractivity contribution in [2.75, 3.05) is 40.9 Å². The molecule has 3 rings (SSSR count). The SMILES string of the molecule is CN=C(NCCC1CC1)N1CCC(c2cc(OC)cc(OC)c2)C1.